The maximum atomic E-state index is 14.9. The number of carbonyl (C=O) groups is 1. The highest BCUT2D eigenvalue weighted by Crippen LogP contribution is 2.30. The van der Waals surface area contributed by atoms with Crippen LogP contribution < -0.4 is 5.43 Å². The molecule has 0 spiro atoms. The lowest BCUT2D eigenvalue weighted by Gasteiger charge is -2.22. The maximum absolute atomic E-state index is 14.9. The SMILES string of the molecule is Cc1c(F)c(C(C)(C)C)nc2c1c(=O)c(C(=O)O)cn2-c1ccc(F)cc1F. The lowest BCUT2D eigenvalue weighted by atomic mass is 9.89. The predicted molar refractivity (Wildman–Crippen MR) is 97.6 cm³/mol. The fourth-order valence-electron chi connectivity index (χ4n) is 3.01. The highest BCUT2D eigenvalue weighted by Gasteiger charge is 2.27. The fraction of sp³-hybridized carbons (Fsp3) is 0.250. The highest BCUT2D eigenvalue weighted by atomic mass is 19.1. The van der Waals surface area contributed by atoms with E-state index in [4.69, 9.17) is 0 Å². The van der Waals surface area contributed by atoms with E-state index >= 15 is 0 Å². The topological polar surface area (TPSA) is 72.2 Å². The molecule has 8 heteroatoms. The molecule has 0 saturated carbocycles. The Morgan fingerprint density at radius 2 is 1.82 bits per heavy atom. The number of rotatable bonds is 2. The minimum atomic E-state index is -1.55. The van der Waals surface area contributed by atoms with Gasteiger partial charge >= 0.3 is 5.97 Å². The molecule has 28 heavy (non-hydrogen) atoms. The van der Waals surface area contributed by atoms with E-state index in [0.717, 1.165) is 22.9 Å². The van der Waals surface area contributed by atoms with E-state index in [1.807, 2.05) is 0 Å². The molecule has 5 nitrogen and oxygen atoms in total. The maximum Gasteiger partial charge on any atom is 0.341 e. The zero-order valence-corrected chi connectivity index (χ0v) is 15.6. The summed E-state index contributed by atoms with van der Waals surface area (Å²) < 4.78 is 43.7. The Balaban J connectivity index is 2.59. The molecule has 1 N–H and O–H groups in total. The van der Waals surface area contributed by atoms with Crippen LogP contribution in [0.3, 0.4) is 0 Å². The number of hydrogen-bond acceptors (Lipinski definition) is 3. The van der Waals surface area contributed by atoms with Crippen LogP contribution in [-0.2, 0) is 5.41 Å². The van der Waals surface area contributed by atoms with Gasteiger partial charge in [-0.3, -0.25) is 9.36 Å². The second-order valence-corrected chi connectivity index (χ2v) is 7.49. The molecule has 2 heterocycles. The molecule has 3 rings (SSSR count). The summed E-state index contributed by atoms with van der Waals surface area (Å²) in [4.78, 5) is 28.4. The zero-order chi connectivity index (χ0) is 21.0. The number of fused-ring (bicyclic) bond motifs is 1. The van der Waals surface area contributed by atoms with Crippen molar-refractivity contribution < 1.29 is 23.1 Å². The van der Waals surface area contributed by atoms with Gasteiger partial charge in [-0.05, 0) is 19.1 Å². The predicted octanol–water partition coefficient (Wildman–Crippen LogP) is 4.11. The van der Waals surface area contributed by atoms with Crippen LogP contribution in [0.1, 0.15) is 42.4 Å². The molecule has 0 aliphatic rings. The summed E-state index contributed by atoms with van der Waals surface area (Å²) >= 11 is 0. The number of aryl methyl sites for hydroxylation is 1. The highest BCUT2D eigenvalue weighted by molar-refractivity contribution is 5.93. The van der Waals surface area contributed by atoms with Crippen molar-refractivity contribution in [3.05, 3.63) is 68.9 Å². The van der Waals surface area contributed by atoms with Gasteiger partial charge in [-0.2, -0.15) is 0 Å². The summed E-state index contributed by atoms with van der Waals surface area (Å²) in [5.74, 6) is -4.09. The van der Waals surface area contributed by atoms with Crippen LogP contribution in [0.4, 0.5) is 13.2 Å². The fourth-order valence-corrected chi connectivity index (χ4v) is 3.01. The van der Waals surface area contributed by atoms with E-state index in [1.54, 1.807) is 20.8 Å². The summed E-state index contributed by atoms with van der Waals surface area (Å²) in [7, 11) is 0. The number of aromatic carboxylic acids is 1. The van der Waals surface area contributed by atoms with Gasteiger partial charge in [0.2, 0.25) is 5.43 Å². The van der Waals surface area contributed by atoms with Crippen LogP contribution in [-0.4, -0.2) is 20.6 Å². The van der Waals surface area contributed by atoms with Crippen LogP contribution >= 0.6 is 0 Å². The number of nitrogens with zero attached hydrogens (tertiary/aromatic N) is 2. The second-order valence-electron chi connectivity index (χ2n) is 7.49. The number of hydrogen-bond donors (Lipinski definition) is 1. The molecule has 0 atom stereocenters. The number of pyridine rings is 2. The van der Waals surface area contributed by atoms with Crippen molar-refractivity contribution in [3.8, 4) is 5.69 Å². The van der Waals surface area contributed by atoms with Gasteiger partial charge in [-0.1, -0.05) is 20.8 Å². The number of aromatic nitrogens is 2. The first kappa shape index (κ1) is 19.6. The average molecular weight is 390 g/mol. The second kappa shape index (κ2) is 6.47. The van der Waals surface area contributed by atoms with Crippen molar-refractivity contribution in [1.82, 2.24) is 9.55 Å². The van der Waals surface area contributed by atoms with Crippen molar-refractivity contribution in [2.75, 3.05) is 0 Å². The first-order valence-electron chi connectivity index (χ1n) is 8.38. The van der Waals surface area contributed by atoms with Crippen LogP contribution in [0.2, 0.25) is 0 Å². The number of benzene rings is 1. The van der Waals surface area contributed by atoms with Crippen LogP contribution in [0.15, 0.2) is 29.2 Å². The molecule has 0 unspecified atom stereocenters. The van der Waals surface area contributed by atoms with Gasteiger partial charge in [0.15, 0.2) is 0 Å². The molecule has 1 aromatic carbocycles. The lowest BCUT2D eigenvalue weighted by Crippen LogP contribution is -2.24. The Bertz CT molecular complexity index is 1190. The summed E-state index contributed by atoms with van der Waals surface area (Å²) in [5, 5.41) is 9.10. The Hall–Kier alpha value is -3.16. The summed E-state index contributed by atoms with van der Waals surface area (Å²) in [5.41, 5.74) is -2.71. The van der Waals surface area contributed by atoms with E-state index in [0.29, 0.717) is 6.07 Å². The molecular formula is C20H17F3N2O3. The molecule has 0 aliphatic carbocycles. The number of carboxylic acids is 1. The summed E-state index contributed by atoms with van der Waals surface area (Å²) in [6.45, 7) is 6.50. The first-order valence-corrected chi connectivity index (χ1v) is 8.38. The van der Waals surface area contributed by atoms with Crippen molar-refractivity contribution in [2.24, 2.45) is 0 Å². The summed E-state index contributed by atoms with van der Waals surface area (Å²) in [6, 6.07) is 2.71. The van der Waals surface area contributed by atoms with Crippen molar-refractivity contribution in [1.29, 1.82) is 0 Å². The van der Waals surface area contributed by atoms with Gasteiger partial charge in [0.05, 0.1) is 16.8 Å². The van der Waals surface area contributed by atoms with E-state index < -0.39 is 39.8 Å². The quantitative estimate of drug-likeness (QED) is 0.715. The van der Waals surface area contributed by atoms with E-state index in [1.165, 1.54) is 6.92 Å². The van der Waals surface area contributed by atoms with Gasteiger partial charge in [0.25, 0.3) is 0 Å². The number of halogens is 3. The van der Waals surface area contributed by atoms with Gasteiger partial charge in [0, 0.05) is 23.2 Å². The van der Waals surface area contributed by atoms with Gasteiger partial charge in [-0.25, -0.2) is 22.9 Å². The molecule has 0 saturated heterocycles. The number of carboxylic acid groups (broad SMARTS) is 1. The Morgan fingerprint density at radius 1 is 1.18 bits per heavy atom. The van der Waals surface area contributed by atoms with E-state index in [2.05, 4.69) is 4.98 Å². The third-order valence-corrected chi connectivity index (χ3v) is 4.42. The minimum absolute atomic E-state index is 0.0382. The largest absolute Gasteiger partial charge is 0.477 e. The average Bonchev–Trinajstić information content (AvgIpc) is 2.57. The van der Waals surface area contributed by atoms with Crippen molar-refractivity contribution >= 4 is 17.0 Å². The Labute approximate surface area is 158 Å². The third-order valence-electron chi connectivity index (χ3n) is 4.42. The molecule has 0 bridgehead atoms. The van der Waals surface area contributed by atoms with E-state index in [9.17, 15) is 27.9 Å². The van der Waals surface area contributed by atoms with Crippen molar-refractivity contribution in [3.63, 3.8) is 0 Å². The van der Waals surface area contributed by atoms with Gasteiger partial charge < -0.3 is 5.11 Å². The molecule has 3 aromatic rings. The minimum Gasteiger partial charge on any atom is -0.477 e. The van der Waals surface area contributed by atoms with Crippen LogP contribution in [0, 0.1) is 24.4 Å². The third kappa shape index (κ3) is 3.04. The molecular weight excluding hydrogens is 373 g/mol. The monoisotopic (exact) mass is 390 g/mol. The van der Waals surface area contributed by atoms with E-state index in [-0.39, 0.29) is 28.0 Å². The standard InChI is InChI=1S/C20H17F3N2O3/c1-9-14-16(26)11(19(27)28)8-25(13-6-5-10(21)7-12(13)22)18(14)24-17(15(9)23)20(2,3)4/h5-8H,1-4H3,(H,27,28). The lowest BCUT2D eigenvalue weighted by molar-refractivity contribution is 0.0695. The van der Waals surface area contributed by atoms with Gasteiger partial charge in [0.1, 0.15) is 28.7 Å². The smallest absolute Gasteiger partial charge is 0.341 e. The molecule has 0 aliphatic heterocycles. The van der Waals surface area contributed by atoms with Gasteiger partial charge in [-0.15, -0.1) is 0 Å². The molecule has 0 amide bonds. The molecule has 2 aromatic heterocycles. The first-order chi connectivity index (χ1) is 12.9. The Kier molecular flexibility index (Phi) is 4.53. The van der Waals surface area contributed by atoms with Crippen LogP contribution in [0.5, 0.6) is 0 Å². The normalized spacial score (nSPS) is 11.8. The molecule has 0 radical (unpaired) electrons. The zero-order valence-electron chi connectivity index (χ0n) is 15.6. The molecule has 0 fully saturated rings. The molecule has 146 valence electrons. The van der Waals surface area contributed by atoms with Crippen molar-refractivity contribution in [2.45, 2.75) is 33.1 Å². The summed E-state index contributed by atoms with van der Waals surface area (Å²) in [6.07, 6.45) is 0.917. The Morgan fingerprint density at radius 3 is 2.36 bits per heavy atom. The van der Waals surface area contributed by atoms with Crippen LogP contribution in [0.25, 0.3) is 16.7 Å².